The molecule has 57 heavy (non-hydrogen) atoms. The third-order valence-electron chi connectivity index (χ3n) is 9.27. The van der Waals surface area contributed by atoms with Crippen molar-refractivity contribution < 1.29 is 49.1 Å². The van der Waals surface area contributed by atoms with E-state index in [1.165, 1.54) is 17.7 Å². The molecule has 2 atom stereocenters. The van der Waals surface area contributed by atoms with Crippen molar-refractivity contribution in [3.63, 3.8) is 0 Å². The number of pyridine rings is 1. The van der Waals surface area contributed by atoms with Crippen molar-refractivity contribution in [2.24, 2.45) is 12.5 Å². The molecule has 0 spiro atoms. The zero-order valence-corrected chi connectivity index (χ0v) is 31.9. The second kappa shape index (κ2) is 14.8. The van der Waals surface area contributed by atoms with Crippen molar-refractivity contribution in [3.8, 4) is 23.0 Å². The van der Waals surface area contributed by atoms with Crippen LogP contribution < -0.4 is 10.0 Å². The van der Waals surface area contributed by atoms with Gasteiger partial charge in [-0.25, -0.2) is 22.2 Å². The molecule has 3 aromatic heterocycles. The topological polar surface area (TPSA) is 144 Å². The molecule has 0 saturated carbocycles. The highest BCUT2D eigenvalue weighted by Crippen LogP contribution is 2.52. The zero-order chi connectivity index (χ0) is 41.8. The number of nitrogens with zero attached hydrogens (tertiary/aromatic N) is 5. The maximum absolute atomic E-state index is 15.2. The monoisotopic (exact) mass is 819 g/mol. The van der Waals surface area contributed by atoms with Gasteiger partial charge >= 0.3 is 6.18 Å². The van der Waals surface area contributed by atoms with Crippen molar-refractivity contribution in [2.45, 2.75) is 64.2 Å². The third-order valence-corrected chi connectivity index (χ3v) is 9.83. The van der Waals surface area contributed by atoms with Gasteiger partial charge in [-0.05, 0) is 68.0 Å². The first-order valence-corrected chi connectivity index (χ1v) is 19.2. The molecule has 3 N–H and O–H groups in total. The zero-order valence-electron chi connectivity index (χ0n) is 31.1. The van der Waals surface area contributed by atoms with Gasteiger partial charge in [0.15, 0.2) is 11.5 Å². The van der Waals surface area contributed by atoms with Crippen molar-refractivity contribution in [2.75, 3.05) is 17.6 Å². The standard InChI is InChI=1S/C38H36F7N7O4S/c1-20-17-37(41,42)34-30(20)33(38(43,44)45)48-52(34)18-29(54)47-28(15-21-13-22(39)16-23(40)14-21)31-25(10-9-24(46-31)11-12-36(2,3)19-53)26-7-6-8-27-32(26)51(4)49-35(27)50-57(5,55)56/h6-10,13-14,16,20,28,53H,15,17-19H2,1-5H3,(H,47,54)(H,49,50). The number of rotatable bonds is 10. The van der Waals surface area contributed by atoms with Crippen LogP contribution in [0.25, 0.3) is 22.0 Å². The number of carbonyl (C=O) groups is 1. The minimum atomic E-state index is -5.10. The molecule has 0 saturated heterocycles. The maximum atomic E-state index is 15.2. The van der Waals surface area contributed by atoms with E-state index in [1.54, 1.807) is 45.2 Å². The number of alkyl halides is 5. The molecule has 0 radical (unpaired) electrons. The molecule has 0 bridgehead atoms. The Morgan fingerprint density at radius 2 is 1.75 bits per heavy atom. The van der Waals surface area contributed by atoms with Crippen LogP contribution in [0.3, 0.4) is 0 Å². The van der Waals surface area contributed by atoms with E-state index < -0.39 is 87.0 Å². The van der Waals surface area contributed by atoms with Crippen LogP contribution in [-0.2, 0) is 46.9 Å². The van der Waals surface area contributed by atoms with E-state index in [2.05, 4.69) is 32.1 Å². The number of anilines is 1. The second-order valence-electron chi connectivity index (χ2n) is 14.6. The summed E-state index contributed by atoms with van der Waals surface area (Å²) in [6.45, 7) is 3.15. The van der Waals surface area contributed by atoms with Crippen LogP contribution in [-0.4, -0.2) is 56.8 Å². The summed E-state index contributed by atoms with van der Waals surface area (Å²) in [6, 6.07) is 9.22. The normalized spacial score (nSPS) is 15.9. The van der Waals surface area contributed by atoms with Gasteiger partial charge in [0.2, 0.25) is 15.9 Å². The molecule has 1 aliphatic rings. The highest BCUT2D eigenvalue weighted by molar-refractivity contribution is 7.92. The summed E-state index contributed by atoms with van der Waals surface area (Å²) in [5.74, 6) is -2.18. The molecule has 3 heterocycles. The molecule has 2 aromatic carbocycles. The molecule has 1 amide bonds. The highest BCUT2D eigenvalue weighted by Gasteiger charge is 2.53. The Morgan fingerprint density at radius 3 is 2.39 bits per heavy atom. The average molecular weight is 820 g/mol. The van der Waals surface area contributed by atoms with Gasteiger partial charge in [-0.2, -0.15) is 32.1 Å². The Balaban J connectivity index is 1.53. The van der Waals surface area contributed by atoms with Crippen LogP contribution in [0.1, 0.15) is 73.1 Å². The molecule has 0 fully saturated rings. The smallest absolute Gasteiger partial charge is 0.395 e. The first-order valence-electron chi connectivity index (χ1n) is 17.4. The van der Waals surface area contributed by atoms with E-state index in [4.69, 9.17) is 4.98 Å². The summed E-state index contributed by atoms with van der Waals surface area (Å²) in [4.78, 5) is 18.6. The fourth-order valence-corrected chi connectivity index (χ4v) is 7.41. The number of hydrogen-bond acceptors (Lipinski definition) is 7. The predicted octanol–water partition coefficient (Wildman–Crippen LogP) is 6.57. The Kier molecular flexibility index (Phi) is 10.7. The molecule has 0 aliphatic heterocycles. The second-order valence-corrected chi connectivity index (χ2v) is 16.4. The van der Waals surface area contributed by atoms with Crippen molar-refractivity contribution in [1.29, 1.82) is 0 Å². The first kappa shape index (κ1) is 41.2. The quantitative estimate of drug-likeness (QED) is 0.107. The number of aryl methyl sites for hydroxylation is 1. The number of aliphatic hydroxyl groups excluding tert-OH is 1. The van der Waals surface area contributed by atoms with Crippen LogP contribution in [0.4, 0.5) is 36.6 Å². The lowest BCUT2D eigenvalue weighted by Crippen LogP contribution is -2.35. The van der Waals surface area contributed by atoms with E-state index in [-0.39, 0.29) is 41.4 Å². The average Bonchev–Trinajstić information content (AvgIpc) is 3.71. The molecule has 1 aliphatic carbocycles. The van der Waals surface area contributed by atoms with Crippen LogP contribution in [0.2, 0.25) is 0 Å². The van der Waals surface area contributed by atoms with Gasteiger partial charge in [0.25, 0.3) is 5.92 Å². The summed E-state index contributed by atoms with van der Waals surface area (Å²) in [6.07, 6.45) is -5.45. The van der Waals surface area contributed by atoms with E-state index in [0.29, 0.717) is 27.2 Å². The van der Waals surface area contributed by atoms with E-state index in [1.807, 2.05) is 0 Å². The lowest BCUT2D eigenvalue weighted by Gasteiger charge is -2.23. The Labute approximate surface area is 322 Å². The van der Waals surface area contributed by atoms with Crippen molar-refractivity contribution in [3.05, 3.63) is 94.1 Å². The van der Waals surface area contributed by atoms with Crippen molar-refractivity contribution >= 4 is 32.7 Å². The van der Waals surface area contributed by atoms with Gasteiger partial charge in [0, 0.05) is 47.0 Å². The number of halogens is 7. The van der Waals surface area contributed by atoms with Crippen LogP contribution in [0.15, 0.2) is 48.5 Å². The van der Waals surface area contributed by atoms with Crippen molar-refractivity contribution in [1.82, 2.24) is 29.9 Å². The Morgan fingerprint density at radius 1 is 1.07 bits per heavy atom. The molecular weight excluding hydrogens is 784 g/mol. The minimum absolute atomic E-state index is 0.00345. The van der Waals surface area contributed by atoms with Gasteiger partial charge in [-0.3, -0.25) is 18.9 Å². The lowest BCUT2D eigenvalue weighted by atomic mass is 9.93. The molecule has 11 nitrogen and oxygen atoms in total. The number of hydrogen-bond donors (Lipinski definition) is 3. The Hall–Kier alpha value is -5.48. The fraction of sp³-hybridized carbons (Fsp3) is 0.368. The van der Waals surface area contributed by atoms with Gasteiger partial charge < -0.3 is 10.4 Å². The molecule has 6 rings (SSSR count). The molecule has 302 valence electrons. The molecular formula is C38H36F7N7O4S. The number of aromatic nitrogens is 5. The number of fused-ring (bicyclic) bond motifs is 2. The van der Waals surface area contributed by atoms with E-state index in [0.717, 1.165) is 18.4 Å². The van der Waals surface area contributed by atoms with E-state index in [9.17, 15) is 40.3 Å². The third kappa shape index (κ3) is 8.76. The lowest BCUT2D eigenvalue weighted by molar-refractivity contribution is -0.142. The van der Waals surface area contributed by atoms with Gasteiger partial charge in [-0.15, -0.1) is 0 Å². The SMILES string of the molecule is CC1CC(F)(F)c2c1c(C(F)(F)F)nn2CC(=O)NC(Cc1cc(F)cc(F)c1)c1nc(C#CC(C)(C)CO)ccc1-c1cccc2c(NS(C)(=O)=O)nn(C)c12. The minimum Gasteiger partial charge on any atom is -0.395 e. The van der Waals surface area contributed by atoms with Gasteiger partial charge in [-0.1, -0.05) is 25.0 Å². The summed E-state index contributed by atoms with van der Waals surface area (Å²) < 4.78 is 130. The van der Waals surface area contributed by atoms with Gasteiger partial charge in [0.1, 0.15) is 29.6 Å². The number of benzene rings is 2. The molecule has 2 unspecified atom stereocenters. The van der Waals surface area contributed by atoms with Crippen LogP contribution in [0.5, 0.6) is 0 Å². The summed E-state index contributed by atoms with van der Waals surface area (Å²) in [5.41, 5.74) is -2.95. The summed E-state index contributed by atoms with van der Waals surface area (Å²) >= 11 is 0. The van der Waals surface area contributed by atoms with Gasteiger partial charge in [0.05, 0.1) is 30.1 Å². The summed E-state index contributed by atoms with van der Waals surface area (Å²) in [7, 11) is -2.23. The summed E-state index contributed by atoms with van der Waals surface area (Å²) in [5, 5.41) is 20.5. The number of amides is 1. The highest BCUT2D eigenvalue weighted by atomic mass is 32.2. The first-order chi connectivity index (χ1) is 26.5. The number of nitrogens with one attached hydrogen (secondary N) is 2. The van der Waals surface area contributed by atoms with E-state index >= 15 is 8.78 Å². The number of carbonyl (C=O) groups excluding carboxylic acids is 1. The largest absolute Gasteiger partial charge is 0.435 e. The number of sulfonamides is 1. The maximum Gasteiger partial charge on any atom is 0.435 e. The fourth-order valence-electron chi connectivity index (χ4n) is 6.91. The molecule has 5 aromatic rings. The predicted molar refractivity (Wildman–Crippen MR) is 195 cm³/mol. The number of aliphatic hydroxyl groups is 1. The van der Waals surface area contributed by atoms with Crippen LogP contribution >= 0.6 is 0 Å². The Bertz CT molecular complexity index is 2550. The molecule has 19 heteroatoms. The van der Waals surface area contributed by atoms with Crippen LogP contribution in [0, 0.1) is 28.9 Å². The number of para-hydroxylation sites is 1.